The number of hydrogen-bond acceptors (Lipinski definition) is 2. The standard InChI is InChI=1S/C33H40N2O2/c1-24-15-18-28(19-16-24)23-35(32(36)22-29-20-25(2)14-17-26(29)3)31(21-27-10-6-4-7-11-27)33(37)34-30-12-8-5-9-13-30/h4,6-7,10-11,14-20,30-31H,5,8-9,12-13,21-23H2,1-3H3,(H,34,37)/t31-/m0/s1. The van der Waals surface area contributed by atoms with Gasteiger partial charge in [-0.1, -0.05) is 103 Å². The summed E-state index contributed by atoms with van der Waals surface area (Å²) in [4.78, 5) is 29.7. The second kappa shape index (κ2) is 12.7. The number of nitrogens with zero attached hydrogens (tertiary/aromatic N) is 1. The van der Waals surface area contributed by atoms with Crippen molar-refractivity contribution in [2.24, 2.45) is 0 Å². The number of benzene rings is 3. The summed E-state index contributed by atoms with van der Waals surface area (Å²) in [5, 5.41) is 3.32. The smallest absolute Gasteiger partial charge is 0.243 e. The summed E-state index contributed by atoms with van der Waals surface area (Å²) < 4.78 is 0. The highest BCUT2D eigenvalue weighted by Crippen LogP contribution is 2.21. The van der Waals surface area contributed by atoms with Gasteiger partial charge in [-0.05, 0) is 55.9 Å². The van der Waals surface area contributed by atoms with Crippen LogP contribution in [0.2, 0.25) is 0 Å². The van der Waals surface area contributed by atoms with Crippen molar-refractivity contribution in [2.45, 2.75) is 84.3 Å². The first kappa shape index (κ1) is 26.7. The van der Waals surface area contributed by atoms with Gasteiger partial charge < -0.3 is 10.2 Å². The average Bonchev–Trinajstić information content (AvgIpc) is 2.90. The molecule has 3 aromatic rings. The van der Waals surface area contributed by atoms with E-state index >= 15 is 0 Å². The third-order valence-corrected chi connectivity index (χ3v) is 7.54. The molecular formula is C33H40N2O2. The van der Waals surface area contributed by atoms with Gasteiger partial charge in [-0.2, -0.15) is 0 Å². The van der Waals surface area contributed by atoms with Crippen molar-refractivity contribution in [3.63, 3.8) is 0 Å². The average molecular weight is 497 g/mol. The van der Waals surface area contributed by atoms with E-state index in [1.807, 2.05) is 49.1 Å². The third-order valence-electron chi connectivity index (χ3n) is 7.54. The minimum absolute atomic E-state index is 0.0194. The lowest BCUT2D eigenvalue weighted by molar-refractivity contribution is -0.141. The minimum Gasteiger partial charge on any atom is -0.352 e. The summed E-state index contributed by atoms with van der Waals surface area (Å²) in [5.41, 5.74) is 6.51. The van der Waals surface area contributed by atoms with E-state index in [1.165, 1.54) is 12.0 Å². The molecular weight excluding hydrogens is 456 g/mol. The first-order valence-corrected chi connectivity index (χ1v) is 13.6. The van der Waals surface area contributed by atoms with Crippen LogP contribution in [0.15, 0.2) is 72.8 Å². The van der Waals surface area contributed by atoms with Crippen molar-refractivity contribution in [1.29, 1.82) is 0 Å². The van der Waals surface area contributed by atoms with Crippen molar-refractivity contribution in [3.8, 4) is 0 Å². The van der Waals surface area contributed by atoms with Crippen molar-refractivity contribution < 1.29 is 9.59 Å². The number of carbonyl (C=O) groups excluding carboxylic acids is 2. The van der Waals surface area contributed by atoms with Crippen molar-refractivity contribution >= 4 is 11.8 Å². The molecule has 3 aromatic carbocycles. The Bertz CT molecular complexity index is 1180. The zero-order valence-electron chi connectivity index (χ0n) is 22.5. The fourth-order valence-electron chi connectivity index (χ4n) is 5.24. The van der Waals surface area contributed by atoms with Gasteiger partial charge in [0.25, 0.3) is 0 Å². The first-order valence-electron chi connectivity index (χ1n) is 13.6. The van der Waals surface area contributed by atoms with Gasteiger partial charge in [0.2, 0.25) is 11.8 Å². The van der Waals surface area contributed by atoms with Crippen LogP contribution >= 0.6 is 0 Å². The fourth-order valence-corrected chi connectivity index (χ4v) is 5.24. The summed E-state index contributed by atoms with van der Waals surface area (Å²) in [6, 6.07) is 24.1. The van der Waals surface area contributed by atoms with Crippen LogP contribution in [0, 0.1) is 20.8 Å². The third kappa shape index (κ3) is 7.55. The maximum absolute atomic E-state index is 14.0. The van der Waals surface area contributed by atoms with Gasteiger partial charge in [0.1, 0.15) is 6.04 Å². The Kier molecular flexibility index (Phi) is 9.16. The molecule has 0 radical (unpaired) electrons. The summed E-state index contributed by atoms with van der Waals surface area (Å²) in [6.07, 6.45) is 6.31. The maximum atomic E-state index is 14.0. The highest BCUT2D eigenvalue weighted by molar-refractivity contribution is 5.89. The molecule has 4 heteroatoms. The summed E-state index contributed by atoms with van der Waals surface area (Å²) in [5.74, 6) is -0.0637. The van der Waals surface area contributed by atoms with Crippen molar-refractivity contribution in [1.82, 2.24) is 10.2 Å². The van der Waals surface area contributed by atoms with Gasteiger partial charge in [-0.15, -0.1) is 0 Å². The largest absolute Gasteiger partial charge is 0.352 e. The molecule has 194 valence electrons. The van der Waals surface area contributed by atoms with E-state index in [4.69, 9.17) is 0 Å². The minimum atomic E-state index is -0.580. The molecule has 1 aliphatic rings. The van der Waals surface area contributed by atoms with E-state index in [-0.39, 0.29) is 24.3 Å². The number of nitrogens with one attached hydrogen (secondary N) is 1. The Morgan fingerprint density at radius 1 is 0.838 bits per heavy atom. The van der Waals surface area contributed by atoms with Gasteiger partial charge in [-0.25, -0.2) is 0 Å². The van der Waals surface area contributed by atoms with E-state index < -0.39 is 6.04 Å². The molecule has 0 spiro atoms. The van der Waals surface area contributed by atoms with Gasteiger partial charge in [0.15, 0.2) is 0 Å². The summed E-state index contributed by atoms with van der Waals surface area (Å²) in [7, 11) is 0. The Labute approximate surface area is 222 Å². The topological polar surface area (TPSA) is 49.4 Å². The Morgan fingerprint density at radius 2 is 1.51 bits per heavy atom. The molecule has 0 heterocycles. The molecule has 0 unspecified atom stereocenters. The highest BCUT2D eigenvalue weighted by atomic mass is 16.2. The molecule has 0 saturated heterocycles. The number of aryl methyl sites for hydroxylation is 3. The van der Waals surface area contributed by atoms with Crippen LogP contribution in [-0.4, -0.2) is 28.8 Å². The molecule has 1 saturated carbocycles. The fraction of sp³-hybridized carbons (Fsp3) is 0.394. The monoisotopic (exact) mass is 496 g/mol. The lowest BCUT2D eigenvalue weighted by Crippen LogP contribution is -2.53. The van der Waals surface area contributed by atoms with Gasteiger partial charge in [-0.3, -0.25) is 9.59 Å². The van der Waals surface area contributed by atoms with Crippen molar-refractivity contribution in [3.05, 3.63) is 106 Å². The number of amides is 2. The Balaban J connectivity index is 1.67. The molecule has 4 nitrogen and oxygen atoms in total. The molecule has 1 atom stereocenters. The Hall–Kier alpha value is -3.40. The molecule has 0 aliphatic heterocycles. The van der Waals surface area contributed by atoms with E-state index in [2.05, 4.69) is 54.7 Å². The molecule has 4 rings (SSSR count). The summed E-state index contributed by atoms with van der Waals surface area (Å²) >= 11 is 0. The molecule has 1 fully saturated rings. The molecule has 2 amide bonds. The lowest BCUT2D eigenvalue weighted by Gasteiger charge is -2.33. The lowest BCUT2D eigenvalue weighted by atomic mass is 9.94. The molecule has 0 bridgehead atoms. The zero-order chi connectivity index (χ0) is 26.2. The zero-order valence-corrected chi connectivity index (χ0v) is 22.5. The Morgan fingerprint density at radius 3 is 2.22 bits per heavy atom. The van der Waals surface area contributed by atoms with Gasteiger partial charge >= 0.3 is 0 Å². The van der Waals surface area contributed by atoms with Crippen LogP contribution in [-0.2, 0) is 29.0 Å². The van der Waals surface area contributed by atoms with Crippen LogP contribution in [0.5, 0.6) is 0 Å². The predicted octanol–water partition coefficient (Wildman–Crippen LogP) is 6.24. The van der Waals surface area contributed by atoms with Crippen LogP contribution in [0.3, 0.4) is 0 Å². The van der Waals surface area contributed by atoms with Crippen LogP contribution in [0.4, 0.5) is 0 Å². The molecule has 37 heavy (non-hydrogen) atoms. The van der Waals surface area contributed by atoms with Crippen LogP contribution in [0.25, 0.3) is 0 Å². The predicted molar refractivity (Wildman–Crippen MR) is 150 cm³/mol. The SMILES string of the molecule is Cc1ccc(CN(C(=O)Cc2cc(C)ccc2C)[C@@H](Cc2ccccc2)C(=O)NC2CCCCC2)cc1. The van der Waals surface area contributed by atoms with Crippen molar-refractivity contribution in [2.75, 3.05) is 0 Å². The van der Waals surface area contributed by atoms with E-state index in [9.17, 15) is 9.59 Å². The highest BCUT2D eigenvalue weighted by Gasteiger charge is 2.32. The van der Waals surface area contributed by atoms with Gasteiger partial charge in [0.05, 0.1) is 6.42 Å². The number of rotatable bonds is 9. The van der Waals surface area contributed by atoms with Crippen LogP contribution in [0.1, 0.15) is 65.5 Å². The van der Waals surface area contributed by atoms with E-state index in [0.29, 0.717) is 13.0 Å². The van der Waals surface area contributed by atoms with Gasteiger partial charge in [0, 0.05) is 19.0 Å². The van der Waals surface area contributed by atoms with Crippen LogP contribution < -0.4 is 5.32 Å². The number of carbonyl (C=O) groups is 2. The number of hydrogen-bond donors (Lipinski definition) is 1. The molecule has 1 aliphatic carbocycles. The second-order valence-corrected chi connectivity index (χ2v) is 10.7. The normalized spacial score (nSPS) is 14.7. The maximum Gasteiger partial charge on any atom is 0.243 e. The quantitative estimate of drug-likeness (QED) is 0.381. The second-order valence-electron chi connectivity index (χ2n) is 10.7. The van der Waals surface area contributed by atoms with E-state index in [1.54, 1.807) is 0 Å². The molecule has 1 N–H and O–H groups in total. The first-order chi connectivity index (χ1) is 17.9. The van der Waals surface area contributed by atoms with E-state index in [0.717, 1.165) is 53.5 Å². The molecule has 0 aromatic heterocycles. The summed E-state index contributed by atoms with van der Waals surface area (Å²) in [6.45, 7) is 6.56.